The van der Waals surface area contributed by atoms with Crippen molar-refractivity contribution in [3.63, 3.8) is 0 Å². The van der Waals surface area contributed by atoms with Crippen molar-refractivity contribution in [2.24, 2.45) is 0 Å². The smallest absolute Gasteiger partial charge is 0.319 e. The molecule has 2 heterocycles. The SMILES string of the molecule is CC(C)N1CN(C2CC2)C2(CCN(C(=O)N(C)C(C)C)CC2)C1. The standard InChI is InChI=1S/C18H34N4O/c1-14(2)19(5)17(23)20-10-8-18(9-11-20)12-21(15(3)4)13-22(18)16-6-7-16/h14-16H,6-13H2,1-5H3. The van der Waals surface area contributed by atoms with Crippen LogP contribution >= 0.6 is 0 Å². The molecule has 0 radical (unpaired) electrons. The Morgan fingerprint density at radius 1 is 1.13 bits per heavy atom. The van der Waals surface area contributed by atoms with Crippen LogP contribution in [0.4, 0.5) is 4.79 Å². The fourth-order valence-electron chi connectivity index (χ4n) is 4.10. The first-order valence-corrected chi connectivity index (χ1v) is 9.36. The summed E-state index contributed by atoms with van der Waals surface area (Å²) in [5.41, 5.74) is 0.318. The van der Waals surface area contributed by atoms with E-state index < -0.39 is 0 Å². The molecule has 1 aliphatic carbocycles. The quantitative estimate of drug-likeness (QED) is 0.799. The first-order valence-electron chi connectivity index (χ1n) is 9.36. The molecule has 5 nitrogen and oxygen atoms in total. The molecule has 2 aliphatic heterocycles. The Hall–Kier alpha value is -0.810. The summed E-state index contributed by atoms with van der Waals surface area (Å²) in [7, 11) is 1.92. The number of rotatable bonds is 3. The van der Waals surface area contributed by atoms with E-state index in [0.717, 1.165) is 38.6 Å². The molecule has 0 aromatic rings. The molecule has 0 bridgehead atoms. The predicted octanol–water partition coefficient (Wildman–Crippen LogP) is 2.43. The second-order valence-electron chi connectivity index (χ2n) is 8.38. The van der Waals surface area contributed by atoms with Gasteiger partial charge in [0.05, 0.1) is 6.67 Å². The van der Waals surface area contributed by atoms with E-state index in [1.165, 1.54) is 19.4 Å². The largest absolute Gasteiger partial charge is 0.325 e. The van der Waals surface area contributed by atoms with E-state index in [1.807, 2.05) is 11.9 Å². The summed E-state index contributed by atoms with van der Waals surface area (Å²) in [6.07, 6.45) is 4.99. The lowest BCUT2D eigenvalue weighted by molar-refractivity contribution is 0.0577. The number of urea groups is 1. The summed E-state index contributed by atoms with van der Waals surface area (Å²) in [5.74, 6) is 0. The Morgan fingerprint density at radius 3 is 2.22 bits per heavy atom. The molecule has 2 saturated heterocycles. The molecule has 0 aromatic carbocycles. The van der Waals surface area contributed by atoms with Gasteiger partial charge in [-0.2, -0.15) is 0 Å². The highest BCUT2D eigenvalue weighted by molar-refractivity contribution is 5.74. The number of hydrogen-bond acceptors (Lipinski definition) is 3. The van der Waals surface area contributed by atoms with E-state index in [2.05, 4.69) is 42.4 Å². The summed E-state index contributed by atoms with van der Waals surface area (Å²) in [4.78, 5) is 21.9. The zero-order valence-electron chi connectivity index (χ0n) is 15.6. The van der Waals surface area contributed by atoms with Gasteiger partial charge in [0, 0.05) is 50.3 Å². The monoisotopic (exact) mass is 322 g/mol. The van der Waals surface area contributed by atoms with Gasteiger partial charge in [0.15, 0.2) is 0 Å². The van der Waals surface area contributed by atoms with E-state index in [4.69, 9.17) is 0 Å². The lowest BCUT2D eigenvalue weighted by Crippen LogP contribution is -2.57. The third-order valence-corrected chi connectivity index (χ3v) is 6.20. The number of piperidine rings is 1. The van der Waals surface area contributed by atoms with Gasteiger partial charge >= 0.3 is 6.03 Å². The Morgan fingerprint density at radius 2 is 1.74 bits per heavy atom. The molecule has 23 heavy (non-hydrogen) atoms. The van der Waals surface area contributed by atoms with Gasteiger partial charge < -0.3 is 9.80 Å². The average Bonchev–Trinajstić information content (AvgIpc) is 3.29. The summed E-state index contributed by atoms with van der Waals surface area (Å²) in [5, 5.41) is 0. The minimum Gasteiger partial charge on any atom is -0.325 e. The average molecular weight is 322 g/mol. The molecular weight excluding hydrogens is 288 g/mol. The van der Waals surface area contributed by atoms with Crippen molar-refractivity contribution in [2.75, 3.05) is 33.4 Å². The number of amides is 2. The van der Waals surface area contributed by atoms with E-state index in [-0.39, 0.29) is 12.1 Å². The molecular formula is C18H34N4O. The van der Waals surface area contributed by atoms with E-state index in [1.54, 1.807) is 0 Å². The first kappa shape index (κ1) is 17.0. The van der Waals surface area contributed by atoms with Crippen molar-refractivity contribution in [3.8, 4) is 0 Å². The van der Waals surface area contributed by atoms with Crippen molar-refractivity contribution in [1.29, 1.82) is 0 Å². The maximum atomic E-state index is 12.6. The Bertz CT molecular complexity index is 438. The van der Waals surface area contributed by atoms with Gasteiger partial charge in [-0.1, -0.05) is 0 Å². The maximum Gasteiger partial charge on any atom is 0.319 e. The number of hydrogen-bond donors (Lipinski definition) is 0. The number of carbonyl (C=O) groups excluding carboxylic acids is 1. The molecule has 1 saturated carbocycles. The van der Waals surface area contributed by atoms with Crippen LogP contribution in [-0.2, 0) is 0 Å². The fraction of sp³-hybridized carbons (Fsp3) is 0.944. The lowest BCUT2D eigenvalue weighted by Gasteiger charge is -2.45. The van der Waals surface area contributed by atoms with Crippen molar-refractivity contribution >= 4 is 6.03 Å². The van der Waals surface area contributed by atoms with Crippen LogP contribution in [0.25, 0.3) is 0 Å². The molecule has 3 rings (SSSR count). The van der Waals surface area contributed by atoms with Crippen LogP contribution in [-0.4, -0.2) is 82.6 Å². The van der Waals surface area contributed by atoms with Gasteiger partial charge in [-0.25, -0.2) is 4.79 Å². The van der Waals surface area contributed by atoms with Crippen LogP contribution in [0.1, 0.15) is 53.4 Å². The fourth-order valence-corrected chi connectivity index (χ4v) is 4.10. The lowest BCUT2D eigenvalue weighted by atomic mass is 9.86. The summed E-state index contributed by atoms with van der Waals surface area (Å²) in [6.45, 7) is 12.9. The van der Waals surface area contributed by atoms with Crippen molar-refractivity contribution in [2.45, 2.75) is 77.0 Å². The molecule has 1 spiro atoms. The third kappa shape index (κ3) is 3.22. The van der Waals surface area contributed by atoms with Crippen molar-refractivity contribution < 1.29 is 4.79 Å². The molecule has 3 fully saturated rings. The summed E-state index contributed by atoms with van der Waals surface area (Å²) in [6, 6.07) is 1.89. The molecule has 2 amide bonds. The van der Waals surface area contributed by atoms with E-state index in [9.17, 15) is 4.79 Å². The molecule has 0 aromatic heterocycles. The molecule has 0 N–H and O–H groups in total. The van der Waals surface area contributed by atoms with Gasteiger partial charge in [0.1, 0.15) is 0 Å². The molecule has 3 aliphatic rings. The van der Waals surface area contributed by atoms with Gasteiger partial charge in [-0.15, -0.1) is 0 Å². The molecule has 0 unspecified atom stereocenters. The molecule has 5 heteroatoms. The van der Waals surface area contributed by atoms with Gasteiger partial charge in [-0.3, -0.25) is 9.80 Å². The Balaban J connectivity index is 1.65. The van der Waals surface area contributed by atoms with Crippen LogP contribution in [0.3, 0.4) is 0 Å². The highest BCUT2D eigenvalue weighted by Crippen LogP contribution is 2.43. The first-order chi connectivity index (χ1) is 10.8. The Labute approximate surface area is 141 Å². The minimum atomic E-state index is 0.200. The highest BCUT2D eigenvalue weighted by atomic mass is 16.2. The van der Waals surface area contributed by atoms with Gasteiger partial charge in [0.2, 0.25) is 0 Å². The maximum absolute atomic E-state index is 12.6. The van der Waals surface area contributed by atoms with Gasteiger partial charge in [0.25, 0.3) is 0 Å². The second-order valence-corrected chi connectivity index (χ2v) is 8.38. The zero-order chi connectivity index (χ0) is 16.8. The van der Waals surface area contributed by atoms with Crippen molar-refractivity contribution in [3.05, 3.63) is 0 Å². The highest BCUT2D eigenvalue weighted by Gasteiger charge is 2.52. The second kappa shape index (κ2) is 6.25. The van der Waals surface area contributed by atoms with Crippen LogP contribution < -0.4 is 0 Å². The Kier molecular flexibility index (Phi) is 4.62. The van der Waals surface area contributed by atoms with Crippen LogP contribution in [0.2, 0.25) is 0 Å². The summed E-state index contributed by atoms with van der Waals surface area (Å²) < 4.78 is 0. The van der Waals surface area contributed by atoms with Crippen LogP contribution in [0.5, 0.6) is 0 Å². The van der Waals surface area contributed by atoms with Crippen LogP contribution in [0.15, 0.2) is 0 Å². The van der Waals surface area contributed by atoms with E-state index in [0.29, 0.717) is 11.6 Å². The van der Waals surface area contributed by atoms with E-state index >= 15 is 0 Å². The minimum absolute atomic E-state index is 0.200. The molecule has 0 atom stereocenters. The van der Waals surface area contributed by atoms with Crippen LogP contribution in [0, 0.1) is 0 Å². The third-order valence-electron chi connectivity index (χ3n) is 6.20. The zero-order valence-corrected chi connectivity index (χ0v) is 15.6. The number of carbonyl (C=O) groups is 1. The van der Waals surface area contributed by atoms with Crippen molar-refractivity contribution in [1.82, 2.24) is 19.6 Å². The topological polar surface area (TPSA) is 30.0 Å². The number of likely N-dealkylation sites (tertiary alicyclic amines) is 1. The molecule has 132 valence electrons. The summed E-state index contributed by atoms with van der Waals surface area (Å²) >= 11 is 0. The number of nitrogens with zero attached hydrogens (tertiary/aromatic N) is 4. The van der Waals surface area contributed by atoms with Gasteiger partial charge in [-0.05, 0) is 53.4 Å². The predicted molar refractivity (Wildman–Crippen MR) is 93.4 cm³/mol. The normalized spacial score (nSPS) is 25.8.